The monoisotopic (exact) mass is 265 g/mol. The number of nitrogens with two attached hydrogens (primary N) is 1. The Morgan fingerprint density at radius 2 is 2.14 bits per heavy atom. The third-order valence-corrected chi connectivity index (χ3v) is 2.74. The molecule has 2 N–H and O–H groups in total. The molecule has 5 heteroatoms. The van der Waals surface area contributed by atoms with Crippen LogP contribution in [0.2, 0.25) is 0 Å². The third-order valence-electron chi connectivity index (χ3n) is 1.90. The van der Waals surface area contributed by atoms with E-state index in [1.807, 2.05) is 6.92 Å². The first kappa shape index (κ1) is 11.6. The van der Waals surface area contributed by atoms with E-state index >= 15 is 0 Å². The Balaban J connectivity index is 3.18. The Labute approximate surface area is 89.1 Å². The molecule has 0 aromatic heterocycles. The van der Waals surface area contributed by atoms with Crippen LogP contribution in [0.25, 0.3) is 0 Å². The minimum atomic E-state index is -0.657. The van der Waals surface area contributed by atoms with Crippen LogP contribution in [0.3, 0.4) is 0 Å². The summed E-state index contributed by atoms with van der Waals surface area (Å²) < 4.78 is 26.2. The van der Waals surface area contributed by atoms with Crippen molar-refractivity contribution < 1.29 is 13.6 Å². The fourth-order valence-corrected chi connectivity index (χ4v) is 1.68. The first-order chi connectivity index (χ1) is 6.60. The number of hydrogen-bond acceptors (Lipinski definition) is 2. The first-order valence-corrected chi connectivity index (χ1v) is 4.89. The lowest BCUT2D eigenvalue weighted by Crippen LogP contribution is -2.09. The maximum atomic E-state index is 13.1. The summed E-state index contributed by atoms with van der Waals surface area (Å²) in [5, 5.41) is 0. The predicted octanol–water partition coefficient (Wildman–Crippen LogP) is 3.07. The zero-order chi connectivity index (χ0) is 10.7. The molecular formula is C9H10BrF2NO. The minimum Gasteiger partial charge on any atom is -0.297 e. The number of halogens is 3. The van der Waals surface area contributed by atoms with Gasteiger partial charge in [-0.2, -0.15) is 0 Å². The van der Waals surface area contributed by atoms with E-state index < -0.39 is 17.7 Å². The Hall–Kier alpha value is -0.520. The van der Waals surface area contributed by atoms with Crippen LogP contribution in [0.15, 0.2) is 16.6 Å². The lowest BCUT2D eigenvalue weighted by atomic mass is 10.1. The highest BCUT2D eigenvalue weighted by Gasteiger charge is 2.16. The van der Waals surface area contributed by atoms with Crippen molar-refractivity contribution in [3.05, 3.63) is 33.8 Å². The second kappa shape index (κ2) is 4.82. The molecule has 1 atom stereocenters. The molecule has 0 amide bonds. The van der Waals surface area contributed by atoms with Gasteiger partial charge in [0, 0.05) is 11.6 Å². The lowest BCUT2D eigenvalue weighted by molar-refractivity contribution is 0.0491. The standard InChI is InChI=1S/C9H10BrF2NO/c1-2-8(14-13)6-3-5(11)4-7(12)9(6)10/h3-4,8H,2,13H2,1H3/t8-/m1/s1. The molecule has 78 valence electrons. The highest BCUT2D eigenvalue weighted by molar-refractivity contribution is 9.10. The van der Waals surface area contributed by atoms with Gasteiger partial charge in [0.05, 0.1) is 4.47 Å². The second-order valence-electron chi connectivity index (χ2n) is 2.82. The third kappa shape index (κ3) is 2.29. The molecule has 1 rings (SSSR count). The fraction of sp³-hybridized carbons (Fsp3) is 0.333. The summed E-state index contributed by atoms with van der Waals surface area (Å²) in [5.41, 5.74) is 0.382. The maximum Gasteiger partial charge on any atom is 0.140 e. The van der Waals surface area contributed by atoms with Crippen molar-refractivity contribution in [2.24, 2.45) is 5.90 Å². The largest absolute Gasteiger partial charge is 0.297 e. The first-order valence-electron chi connectivity index (χ1n) is 4.10. The zero-order valence-corrected chi connectivity index (χ0v) is 9.14. The quantitative estimate of drug-likeness (QED) is 0.674. The summed E-state index contributed by atoms with van der Waals surface area (Å²) in [6, 6.07) is 2.00. The van der Waals surface area contributed by atoms with Crippen molar-refractivity contribution in [2.75, 3.05) is 0 Å². The topological polar surface area (TPSA) is 35.2 Å². The van der Waals surface area contributed by atoms with E-state index in [1.165, 1.54) is 6.07 Å². The van der Waals surface area contributed by atoms with Gasteiger partial charge >= 0.3 is 0 Å². The van der Waals surface area contributed by atoms with Crippen LogP contribution in [0.4, 0.5) is 8.78 Å². The summed E-state index contributed by atoms with van der Waals surface area (Å²) in [5.74, 6) is 3.72. The summed E-state index contributed by atoms with van der Waals surface area (Å²) in [6.45, 7) is 1.81. The molecule has 0 spiro atoms. The van der Waals surface area contributed by atoms with Crippen molar-refractivity contribution in [3.8, 4) is 0 Å². The predicted molar refractivity (Wildman–Crippen MR) is 52.4 cm³/mol. The highest BCUT2D eigenvalue weighted by Crippen LogP contribution is 2.30. The molecule has 2 nitrogen and oxygen atoms in total. The normalized spacial score (nSPS) is 12.9. The van der Waals surface area contributed by atoms with Crippen LogP contribution in [0.1, 0.15) is 25.0 Å². The Bertz CT molecular complexity index is 329. The fourth-order valence-electron chi connectivity index (χ4n) is 1.20. The Morgan fingerprint density at radius 3 is 2.64 bits per heavy atom. The van der Waals surface area contributed by atoms with E-state index in [0.29, 0.717) is 12.0 Å². The molecule has 1 aromatic carbocycles. The van der Waals surface area contributed by atoms with Crippen molar-refractivity contribution in [1.29, 1.82) is 0 Å². The van der Waals surface area contributed by atoms with Crippen LogP contribution >= 0.6 is 15.9 Å². The zero-order valence-electron chi connectivity index (χ0n) is 7.56. The Morgan fingerprint density at radius 1 is 1.50 bits per heavy atom. The van der Waals surface area contributed by atoms with Gasteiger partial charge < -0.3 is 0 Å². The van der Waals surface area contributed by atoms with Gasteiger partial charge in [0.25, 0.3) is 0 Å². The number of benzene rings is 1. The molecule has 0 bridgehead atoms. The molecular weight excluding hydrogens is 256 g/mol. The van der Waals surface area contributed by atoms with E-state index in [9.17, 15) is 8.78 Å². The molecule has 1 aromatic rings. The van der Waals surface area contributed by atoms with Crippen LogP contribution in [0, 0.1) is 11.6 Å². The smallest absolute Gasteiger partial charge is 0.140 e. The van der Waals surface area contributed by atoms with E-state index in [0.717, 1.165) is 6.07 Å². The van der Waals surface area contributed by atoms with Crippen LogP contribution in [0.5, 0.6) is 0 Å². The summed E-state index contributed by atoms with van der Waals surface area (Å²) >= 11 is 3.02. The summed E-state index contributed by atoms with van der Waals surface area (Å²) in [7, 11) is 0. The number of rotatable bonds is 3. The molecule has 0 saturated carbocycles. The minimum absolute atomic E-state index is 0.191. The van der Waals surface area contributed by atoms with E-state index in [-0.39, 0.29) is 4.47 Å². The average Bonchev–Trinajstić information content (AvgIpc) is 2.15. The second-order valence-corrected chi connectivity index (χ2v) is 3.62. The van der Waals surface area contributed by atoms with Crippen molar-refractivity contribution in [1.82, 2.24) is 0 Å². The van der Waals surface area contributed by atoms with E-state index in [2.05, 4.69) is 20.8 Å². The van der Waals surface area contributed by atoms with Crippen LogP contribution in [-0.2, 0) is 4.84 Å². The lowest BCUT2D eigenvalue weighted by Gasteiger charge is -2.14. The average molecular weight is 266 g/mol. The van der Waals surface area contributed by atoms with Crippen molar-refractivity contribution in [2.45, 2.75) is 19.4 Å². The molecule has 0 fully saturated rings. The van der Waals surface area contributed by atoms with E-state index in [1.54, 1.807) is 0 Å². The van der Waals surface area contributed by atoms with Crippen molar-refractivity contribution >= 4 is 15.9 Å². The van der Waals surface area contributed by atoms with Gasteiger partial charge in [-0.25, -0.2) is 14.7 Å². The molecule has 0 aliphatic carbocycles. The van der Waals surface area contributed by atoms with Gasteiger partial charge in [-0.15, -0.1) is 0 Å². The molecule has 0 aliphatic rings. The molecule has 0 aliphatic heterocycles. The molecule has 0 saturated heterocycles. The van der Waals surface area contributed by atoms with Gasteiger partial charge in [-0.05, 0) is 28.4 Å². The molecule has 0 heterocycles. The van der Waals surface area contributed by atoms with Gasteiger partial charge in [0.2, 0.25) is 0 Å². The number of hydrogen-bond donors (Lipinski definition) is 1. The van der Waals surface area contributed by atoms with Gasteiger partial charge in [-0.3, -0.25) is 4.84 Å². The molecule has 14 heavy (non-hydrogen) atoms. The Kier molecular flexibility index (Phi) is 3.97. The molecule has 0 radical (unpaired) electrons. The van der Waals surface area contributed by atoms with Crippen LogP contribution in [-0.4, -0.2) is 0 Å². The van der Waals surface area contributed by atoms with Gasteiger partial charge in [0.1, 0.15) is 17.7 Å². The SMILES string of the molecule is CC[C@@H](ON)c1cc(F)cc(F)c1Br. The summed E-state index contributed by atoms with van der Waals surface area (Å²) in [6.07, 6.45) is 0.0347. The summed E-state index contributed by atoms with van der Waals surface area (Å²) in [4.78, 5) is 4.61. The highest BCUT2D eigenvalue weighted by atomic mass is 79.9. The van der Waals surface area contributed by atoms with Gasteiger partial charge in [0.15, 0.2) is 0 Å². The molecule has 0 unspecified atom stereocenters. The van der Waals surface area contributed by atoms with Crippen LogP contribution < -0.4 is 5.90 Å². The van der Waals surface area contributed by atoms with Gasteiger partial charge in [-0.1, -0.05) is 6.92 Å². The van der Waals surface area contributed by atoms with E-state index in [4.69, 9.17) is 5.90 Å². The maximum absolute atomic E-state index is 13.1. The van der Waals surface area contributed by atoms with Crippen molar-refractivity contribution in [3.63, 3.8) is 0 Å².